The van der Waals surface area contributed by atoms with E-state index in [4.69, 9.17) is 4.74 Å². The number of ether oxygens (including phenoxy) is 1. The average molecular weight is 263 g/mol. The molecule has 3 nitrogen and oxygen atoms in total. The molecule has 0 atom stereocenters. The van der Waals surface area contributed by atoms with Crippen LogP contribution in [0, 0.1) is 20.8 Å². The summed E-state index contributed by atoms with van der Waals surface area (Å²) in [6.45, 7) is 9.06. The number of hydrogen-bond donors (Lipinski definition) is 1. The van der Waals surface area contributed by atoms with E-state index in [0.29, 0.717) is 0 Å². The summed E-state index contributed by atoms with van der Waals surface area (Å²) in [5.74, 6) is 0.782. The lowest BCUT2D eigenvalue weighted by Crippen LogP contribution is -2.29. The van der Waals surface area contributed by atoms with Crippen LogP contribution in [0.4, 0.5) is 0 Å². The molecule has 0 saturated heterocycles. The van der Waals surface area contributed by atoms with Gasteiger partial charge in [0.15, 0.2) is 6.61 Å². The van der Waals surface area contributed by atoms with Gasteiger partial charge in [0.2, 0.25) is 0 Å². The highest BCUT2D eigenvalue weighted by Gasteiger charge is 2.07. The fraction of sp³-hybridized carbons (Fsp3) is 0.562. The molecule has 1 rings (SSSR count). The molecule has 0 aliphatic carbocycles. The molecule has 0 aromatic heterocycles. The maximum absolute atomic E-state index is 11.6. The van der Waals surface area contributed by atoms with Gasteiger partial charge in [-0.1, -0.05) is 37.5 Å². The number of carbonyl (C=O) groups is 1. The van der Waals surface area contributed by atoms with E-state index in [2.05, 4.69) is 31.3 Å². The molecule has 0 spiro atoms. The summed E-state index contributed by atoms with van der Waals surface area (Å²) in [5, 5.41) is 2.87. The minimum atomic E-state index is -0.0459. The Kier molecular flexibility index (Phi) is 6.40. The lowest BCUT2D eigenvalue weighted by molar-refractivity contribution is -0.123. The van der Waals surface area contributed by atoms with Gasteiger partial charge in [-0.05, 0) is 38.3 Å². The minimum absolute atomic E-state index is 0.0459. The number of hydrogen-bond acceptors (Lipinski definition) is 2. The second-order valence-electron chi connectivity index (χ2n) is 5.07. The molecule has 1 aromatic carbocycles. The molecule has 1 N–H and O–H groups in total. The Morgan fingerprint density at radius 2 is 1.79 bits per heavy atom. The summed E-state index contributed by atoms with van der Waals surface area (Å²) in [6.07, 6.45) is 3.34. The number of carbonyl (C=O) groups excluding carboxylic acids is 1. The Labute approximate surface area is 116 Å². The first-order chi connectivity index (χ1) is 9.04. The van der Waals surface area contributed by atoms with Crippen molar-refractivity contribution in [1.82, 2.24) is 5.32 Å². The third-order valence-electron chi connectivity index (χ3n) is 3.05. The van der Waals surface area contributed by atoms with Gasteiger partial charge in [0.05, 0.1) is 0 Å². The summed E-state index contributed by atoms with van der Waals surface area (Å²) >= 11 is 0. The molecule has 0 bridgehead atoms. The van der Waals surface area contributed by atoms with Crippen LogP contribution < -0.4 is 10.1 Å². The van der Waals surface area contributed by atoms with Crippen LogP contribution in [0.5, 0.6) is 5.75 Å². The van der Waals surface area contributed by atoms with Crippen LogP contribution in [-0.4, -0.2) is 19.1 Å². The SMILES string of the molecule is CCCCCNC(=O)COc1c(C)cc(C)cc1C. The Morgan fingerprint density at radius 1 is 1.16 bits per heavy atom. The fourth-order valence-corrected chi connectivity index (χ4v) is 2.19. The van der Waals surface area contributed by atoms with Crippen LogP contribution in [0.25, 0.3) is 0 Å². The van der Waals surface area contributed by atoms with Gasteiger partial charge in [-0.3, -0.25) is 4.79 Å². The van der Waals surface area contributed by atoms with Gasteiger partial charge in [-0.25, -0.2) is 0 Å². The fourth-order valence-electron chi connectivity index (χ4n) is 2.19. The molecule has 0 aliphatic heterocycles. The lowest BCUT2D eigenvalue weighted by atomic mass is 10.1. The molecule has 19 heavy (non-hydrogen) atoms. The van der Waals surface area contributed by atoms with Gasteiger partial charge >= 0.3 is 0 Å². The van der Waals surface area contributed by atoms with Crippen molar-refractivity contribution in [3.63, 3.8) is 0 Å². The molecule has 1 amide bonds. The number of aryl methyl sites for hydroxylation is 3. The van der Waals surface area contributed by atoms with Gasteiger partial charge in [-0.15, -0.1) is 0 Å². The predicted octanol–water partition coefficient (Wildman–Crippen LogP) is 3.30. The highest BCUT2D eigenvalue weighted by molar-refractivity contribution is 5.77. The van der Waals surface area contributed by atoms with Gasteiger partial charge in [0, 0.05) is 6.54 Å². The van der Waals surface area contributed by atoms with Gasteiger partial charge in [0.1, 0.15) is 5.75 Å². The lowest BCUT2D eigenvalue weighted by Gasteiger charge is -2.13. The van der Waals surface area contributed by atoms with Crippen LogP contribution in [-0.2, 0) is 4.79 Å². The molecule has 3 heteroatoms. The second kappa shape index (κ2) is 7.82. The third kappa shape index (κ3) is 5.33. The smallest absolute Gasteiger partial charge is 0.257 e. The van der Waals surface area contributed by atoms with Crippen molar-refractivity contribution in [2.45, 2.75) is 47.0 Å². The maximum Gasteiger partial charge on any atom is 0.257 e. The van der Waals surface area contributed by atoms with E-state index in [1.54, 1.807) is 0 Å². The van der Waals surface area contributed by atoms with Gasteiger partial charge in [0.25, 0.3) is 5.91 Å². The topological polar surface area (TPSA) is 38.3 Å². The monoisotopic (exact) mass is 263 g/mol. The van der Waals surface area contributed by atoms with E-state index in [9.17, 15) is 4.79 Å². The zero-order valence-electron chi connectivity index (χ0n) is 12.5. The number of rotatable bonds is 7. The van der Waals surface area contributed by atoms with Gasteiger partial charge in [-0.2, -0.15) is 0 Å². The Balaban J connectivity index is 2.42. The zero-order chi connectivity index (χ0) is 14.3. The van der Waals surface area contributed by atoms with Crippen molar-refractivity contribution in [1.29, 1.82) is 0 Å². The van der Waals surface area contributed by atoms with E-state index < -0.39 is 0 Å². The molecule has 0 saturated carbocycles. The van der Waals surface area contributed by atoms with E-state index >= 15 is 0 Å². The molecule has 0 fully saturated rings. The predicted molar refractivity (Wildman–Crippen MR) is 78.7 cm³/mol. The van der Waals surface area contributed by atoms with Crippen LogP contribution in [0.15, 0.2) is 12.1 Å². The summed E-state index contributed by atoms with van der Waals surface area (Å²) in [7, 11) is 0. The highest BCUT2D eigenvalue weighted by Crippen LogP contribution is 2.24. The van der Waals surface area contributed by atoms with E-state index in [-0.39, 0.29) is 12.5 Å². The van der Waals surface area contributed by atoms with E-state index in [0.717, 1.165) is 42.7 Å². The largest absolute Gasteiger partial charge is 0.483 e. The Hall–Kier alpha value is -1.51. The first-order valence-electron chi connectivity index (χ1n) is 7.02. The van der Waals surface area contributed by atoms with Crippen molar-refractivity contribution in [2.24, 2.45) is 0 Å². The zero-order valence-corrected chi connectivity index (χ0v) is 12.5. The van der Waals surface area contributed by atoms with Crippen molar-refractivity contribution >= 4 is 5.91 Å². The Bertz CT molecular complexity index is 404. The first kappa shape index (κ1) is 15.5. The molecule has 0 heterocycles. The molecule has 106 valence electrons. The Morgan fingerprint density at radius 3 is 2.37 bits per heavy atom. The van der Waals surface area contributed by atoms with Crippen molar-refractivity contribution in [3.05, 3.63) is 28.8 Å². The molecule has 1 aromatic rings. The van der Waals surface area contributed by atoms with Crippen LogP contribution in [0.3, 0.4) is 0 Å². The average Bonchev–Trinajstić information content (AvgIpc) is 2.33. The molecule has 0 aliphatic rings. The summed E-state index contributed by atoms with van der Waals surface area (Å²) in [4.78, 5) is 11.6. The highest BCUT2D eigenvalue weighted by atomic mass is 16.5. The van der Waals surface area contributed by atoms with Crippen LogP contribution >= 0.6 is 0 Å². The van der Waals surface area contributed by atoms with Crippen molar-refractivity contribution in [3.8, 4) is 5.75 Å². The third-order valence-corrected chi connectivity index (χ3v) is 3.05. The summed E-state index contributed by atoms with van der Waals surface area (Å²) in [6, 6.07) is 4.14. The minimum Gasteiger partial charge on any atom is -0.483 e. The molecule has 0 radical (unpaired) electrons. The van der Waals surface area contributed by atoms with Crippen molar-refractivity contribution in [2.75, 3.05) is 13.2 Å². The van der Waals surface area contributed by atoms with Crippen LogP contribution in [0.1, 0.15) is 42.9 Å². The molecule has 0 unspecified atom stereocenters. The normalized spacial score (nSPS) is 10.3. The van der Waals surface area contributed by atoms with E-state index in [1.807, 2.05) is 13.8 Å². The molecular formula is C16H25NO2. The number of benzene rings is 1. The number of amides is 1. The summed E-state index contributed by atoms with van der Waals surface area (Å²) < 4.78 is 5.63. The second-order valence-corrected chi connectivity index (χ2v) is 5.07. The maximum atomic E-state index is 11.6. The standard InChI is InChI=1S/C16H25NO2/c1-5-6-7-8-17-15(18)11-19-16-13(3)9-12(2)10-14(16)4/h9-10H,5-8,11H2,1-4H3,(H,17,18). The quantitative estimate of drug-likeness (QED) is 0.767. The van der Waals surface area contributed by atoms with E-state index in [1.165, 1.54) is 5.56 Å². The number of nitrogens with one attached hydrogen (secondary N) is 1. The number of unbranched alkanes of at least 4 members (excludes halogenated alkanes) is 2. The molecular weight excluding hydrogens is 238 g/mol. The van der Waals surface area contributed by atoms with Crippen molar-refractivity contribution < 1.29 is 9.53 Å². The summed E-state index contributed by atoms with van der Waals surface area (Å²) in [5.41, 5.74) is 3.37. The van der Waals surface area contributed by atoms with Crippen LogP contribution in [0.2, 0.25) is 0 Å². The first-order valence-corrected chi connectivity index (χ1v) is 7.02. The van der Waals surface area contributed by atoms with Gasteiger partial charge < -0.3 is 10.1 Å².